The van der Waals surface area contributed by atoms with E-state index in [1.54, 1.807) is 0 Å². The van der Waals surface area contributed by atoms with E-state index in [1.165, 1.54) is 0 Å². The zero-order valence-corrected chi connectivity index (χ0v) is 12.7. The lowest BCUT2D eigenvalue weighted by molar-refractivity contribution is 0.0523. The number of amides is 1. The van der Waals surface area contributed by atoms with Gasteiger partial charge >= 0.3 is 6.09 Å². The molecular formula is C13H26N2O2S. The fourth-order valence-corrected chi connectivity index (χ4v) is 1.76. The molecule has 2 N–H and O–H groups in total. The van der Waals surface area contributed by atoms with Crippen molar-refractivity contribution in [2.24, 2.45) is 0 Å². The standard InChI is InChI=1S/C13H26N2O2S/c1-6-8-18-9-7-14-11(2)10-15-12(16)17-13(3,4)5/h6,11,14H,1,7-10H2,2-5H3,(H,15,16). The fraction of sp³-hybridized carbons (Fsp3) is 0.769. The normalized spacial score (nSPS) is 12.9. The monoisotopic (exact) mass is 274 g/mol. The molecule has 1 unspecified atom stereocenters. The third-order valence-corrected chi connectivity index (χ3v) is 2.89. The van der Waals surface area contributed by atoms with Gasteiger partial charge in [-0.3, -0.25) is 0 Å². The molecule has 0 saturated carbocycles. The number of nitrogens with one attached hydrogen (secondary N) is 2. The van der Waals surface area contributed by atoms with E-state index in [0.29, 0.717) is 6.54 Å². The van der Waals surface area contributed by atoms with Crippen LogP contribution in [0.4, 0.5) is 4.79 Å². The molecule has 0 bridgehead atoms. The third-order valence-electron chi connectivity index (χ3n) is 1.93. The largest absolute Gasteiger partial charge is 0.444 e. The van der Waals surface area contributed by atoms with Crippen LogP contribution >= 0.6 is 11.8 Å². The van der Waals surface area contributed by atoms with Crippen LogP contribution in [0.25, 0.3) is 0 Å². The summed E-state index contributed by atoms with van der Waals surface area (Å²) in [7, 11) is 0. The maximum atomic E-state index is 11.4. The number of hydrogen-bond acceptors (Lipinski definition) is 4. The summed E-state index contributed by atoms with van der Waals surface area (Å²) in [5.74, 6) is 2.02. The Hall–Kier alpha value is -0.680. The zero-order valence-electron chi connectivity index (χ0n) is 11.9. The second-order valence-electron chi connectivity index (χ2n) is 5.10. The molecule has 0 aromatic heterocycles. The van der Waals surface area contributed by atoms with Crippen molar-refractivity contribution in [2.75, 3.05) is 24.6 Å². The van der Waals surface area contributed by atoms with E-state index in [9.17, 15) is 4.79 Å². The molecule has 1 amide bonds. The third kappa shape index (κ3) is 11.8. The highest BCUT2D eigenvalue weighted by molar-refractivity contribution is 7.99. The van der Waals surface area contributed by atoms with Crippen LogP contribution in [0, 0.1) is 0 Å². The topological polar surface area (TPSA) is 50.4 Å². The van der Waals surface area contributed by atoms with E-state index in [2.05, 4.69) is 17.2 Å². The lowest BCUT2D eigenvalue weighted by atomic mass is 10.2. The van der Waals surface area contributed by atoms with Crippen molar-refractivity contribution in [3.05, 3.63) is 12.7 Å². The van der Waals surface area contributed by atoms with Gasteiger partial charge in [0.05, 0.1) is 0 Å². The Labute approximate surface area is 115 Å². The first-order chi connectivity index (χ1) is 8.35. The summed E-state index contributed by atoms with van der Waals surface area (Å²) in [4.78, 5) is 11.4. The number of carbonyl (C=O) groups is 1. The molecule has 0 aliphatic carbocycles. The molecular weight excluding hydrogens is 248 g/mol. The zero-order chi connectivity index (χ0) is 14.0. The summed E-state index contributed by atoms with van der Waals surface area (Å²) in [5.41, 5.74) is -0.442. The first-order valence-corrected chi connectivity index (χ1v) is 7.39. The van der Waals surface area contributed by atoms with Crippen molar-refractivity contribution in [2.45, 2.75) is 39.3 Å². The molecule has 0 fully saturated rings. The maximum Gasteiger partial charge on any atom is 0.407 e. The molecule has 0 aromatic rings. The SMILES string of the molecule is C=CCSCCNC(C)CNC(=O)OC(C)(C)C. The van der Waals surface area contributed by atoms with Gasteiger partial charge in [-0.2, -0.15) is 11.8 Å². The highest BCUT2D eigenvalue weighted by Crippen LogP contribution is 2.06. The second kappa shape index (κ2) is 9.28. The van der Waals surface area contributed by atoms with E-state index in [1.807, 2.05) is 45.5 Å². The molecule has 0 aliphatic heterocycles. The van der Waals surface area contributed by atoms with Gasteiger partial charge in [0.2, 0.25) is 0 Å². The Kier molecular flexibility index (Phi) is 8.93. The van der Waals surface area contributed by atoms with E-state index in [4.69, 9.17) is 4.74 Å². The Bertz CT molecular complexity index is 252. The number of carbonyl (C=O) groups excluding carboxylic acids is 1. The molecule has 0 heterocycles. The van der Waals surface area contributed by atoms with E-state index < -0.39 is 5.60 Å². The van der Waals surface area contributed by atoms with Crippen LogP contribution in [0.2, 0.25) is 0 Å². The molecule has 0 rings (SSSR count). The second-order valence-corrected chi connectivity index (χ2v) is 6.25. The quantitative estimate of drug-likeness (QED) is 0.527. The highest BCUT2D eigenvalue weighted by atomic mass is 32.2. The molecule has 0 aromatic carbocycles. The molecule has 4 nitrogen and oxygen atoms in total. The van der Waals surface area contributed by atoms with Gasteiger partial charge in [-0.25, -0.2) is 4.79 Å². The van der Waals surface area contributed by atoms with Crippen LogP contribution in [0.15, 0.2) is 12.7 Å². The summed E-state index contributed by atoms with van der Waals surface area (Å²) < 4.78 is 5.15. The minimum atomic E-state index is -0.442. The van der Waals surface area contributed by atoms with E-state index >= 15 is 0 Å². The van der Waals surface area contributed by atoms with Gasteiger partial charge in [0.15, 0.2) is 0 Å². The molecule has 5 heteroatoms. The van der Waals surface area contributed by atoms with Crippen molar-refractivity contribution >= 4 is 17.9 Å². The summed E-state index contributed by atoms with van der Waals surface area (Å²) in [5, 5.41) is 6.08. The van der Waals surface area contributed by atoms with Crippen molar-refractivity contribution in [1.82, 2.24) is 10.6 Å². The minimum absolute atomic E-state index is 0.238. The molecule has 0 saturated heterocycles. The molecule has 18 heavy (non-hydrogen) atoms. The first-order valence-electron chi connectivity index (χ1n) is 6.24. The lowest BCUT2D eigenvalue weighted by Crippen LogP contribution is -2.41. The summed E-state index contributed by atoms with van der Waals surface area (Å²) in [6, 6.07) is 0.238. The molecule has 0 radical (unpaired) electrons. The van der Waals surface area contributed by atoms with Gasteiger partial charge in [-0.15, -0.1) is 6.58 Å². The Morgan fingerprint density at radius 2 is 2.17 bits per heavy atom. The Morgan fingerprint density at radius 3 is 2.72 bits per heavy atom. The summed E-state index contributed by atoms with van der Waals surface area (Å²) in [6.45, 7) is 12.8. The number of alkyl carbamates (subject to hydrolysis) is 1. The molecule has 106 valence electrons. The summed E-state index contributed by atoms with van der Waals surface area (Å²) >= 11 is 1.83. The van der Waals surface area contributed by atoms with Crippen LogP contribution in [-0.2, 0) is 4.74 Å². The van der Waals surface area contributed by atoms with Crippen LogP contribution in [-0.4, -0.2) is 42.3 Å². The lowest BCUT2D eigenvalue weighted by Gasteiger charge is -2.21. The van der Waals surface area contributed by atoms with Gasteiger partial charge < -0.3 is 15.4 Å². The van der Waals surface area contributed by atoms with Crippen LogP contribution in [0.1, 0.15) is 27.7 Å². The predicted molar refractivity (Wildman–Crippen MR) is 79.2 cm³/mol. The average Bonchev–Trinajstić information content (AvgIpc) is 2.24. The van der Waals surface area contributed by atoms with Gasteiger partial charge in [0, 0.05) is 30.6 Å². The smallest absolute Gasteiger partial charge is 0.407 e. The van der Waals surface area contributed by atoms with E-state index in [0.717, 1.165) is 18.1 Å². The van der Waals surface area contributed by atoms with Crippen LogP contribution < -0.4 is 10.6 Å². The first kappa shape index (κ1) is 17.3. The minimum Gasteiger partial charge on any atom is -0.444 e. The Morgan fingerprint density at radius 1 is 1.50 bits per heavy atom. The van der Waals surface area contributed by atoms with Gasteiger partial charge in [0.25, 0.3) is 0 Å². The predicted octanol–water partition coefficient (Wildman–Crippen LogP) is 2.41. The van der Waals surface area contributed by atoms with Crippen molar-refractivity contribution in [3.63, 3.8) is 0 Å². The van der Waals surface area contributed by atoms with Gasteiger partial charge in [0.1, 0.15) is 5.60 Å². The number of thioether (sulfide) groups is 1. The van der Waals surface area contributed by atoms with Crippen molar-refractivity contribution in [3.8, 4) is 0 Å². The summed E-state index contributed by atoms with van der Waals surface area (Å²) in [6.07, 6.45) is 1.54. The Balaban J connectivity index is 3.55. The molecule has 1 atom stereocenters. The van der Waals surface area contributed by atoms with Gasteiger partial charge in [-0.05, 0) is 27.7 Å². The van der Waals surface area contributed by atoms with Crippen molar-refractivity contribution in [1.29, 1.82) is 0 Å². The fourth-order valence-electron chi connectivity index (χ4n) is 1.17. The van der Waals surface area contributed by atoms with Gasteiger partial charge in [-0.1, -0.05) is 6.08 Å². The number of rotatable bonds is 8. The van der Waals surface area contributed by atoms with Crippen LogP contribution in [0.5, 0.6) is 0 Å². The number of hydrogen-bond donors (Lipinski definition) is 2. The average molecular weight is 274 g/mol. The highest BCUT2D eigenvalue weighted by Gasteiger charge is 2.16. The van der Waals surface area contributed by atoms with E-state index in [-0.39, 0.29) is 12.1 Å². The molecule has 0 aliphatic rings. The number of ether oxygens (including phenoxy) is 1. The maximum absolute atomic E-state index is 11.4. The van der Waals surface area contributed by atoms with Crippen LogP contribution in [0.3, 0.4) is 0 Å². The molecule has 0 spiro atoms. The van der Waals surface area contributed by atoms with Crippen molar-refractivity contribution < 1.29 is 9.53 Å².